The highest BCUT2D eigenvalue weighted by Gasteiger charge is 2.22. The first-order valence-electron chi connectivity index (χ1n) is 10.5. The van der Waals surface area contributed by atoms with E-state index in [2.05, 4.69) is 39.9 Å². The van der Waals surface area contributed by atoms with E-state index in [1.807, 2.05) is 52.2 Å². The number of hydrogen-bond acceptors (Lipinski definition) is 6. The summed E-state index contributed by atoms with van der Waals surface area (Å²) < 4.78 is 10.8. The van der Waals surface area contributed by atoms with Crippen LogP contribution in [0.5, 0.6) is 5.75 Å². The molecule has 0 radical (unpaired) electrons. The number of nitrogens with one attached hydrogen (secondary N) is 1. The molecule has 0 aliphatic carbocycles. The summed E-state index contributed by atoms with van der Waals surface area (Å²) in [6.07, 6.45) is 0.340. The van der Waals surface area contributed by atoms with Gasteiger partial charge in [0.25, 0.3) is 0 Å². The van der Waals surface area contributed by atoms with Crippen LogP contribution in [0.1, 0.15) is 38.4 Å². The molecule has 1 atom stereocenters. The molecule has 0 unspecified atom stereocenters. The predicted molar refractivity (Wildman–Crippen MR) is 125 cm³/mol. The summed E-state index contributed by atoms with van der Waals surface area (Å²) in [4.78, 5) is 18.0. The first-order chi connectivity index (χ1) is 14.5. The highest BCUT2D eigenvalue weighted by Crippen LogP contribution is 2.30. The van der Waals surface area contributed by atoms with Crippen molar-refractivity contribution in [3.05, 3.63) is 41.6 Å². The van der Waals surface area contributed by atoms with Crippen molar-refractivity contribution in [1.29, 1.82) is 0 Å². The minimum absolute atomic E-state index is 0.390. The second-order valence-corrected chi connectivity index (χ2v) is 9.10. The number of rotatable bonds is 9. The number of hydrogen-bond donors (Lipinski definition) is 2. The van der Waals surface area contributed by atoms with E-state index in [1.165, 1.54) is 7.11 Å². The maximum absolute atomic E-state index is 11.6. The number of methoxy groups -OCH3 is 1. The van der Waals surface area contributed by atoms with Crippen LogP contribution in [0.15, 0.2) is 30.3 Å². The molecule has 0 saturated carbocycles. The third kappa shape index (κ3) is 7.84. The Morgan fingerprint density at radius 3 is 2.55 bits per heavy atom. The summed E-state index contributed by atoms with van der Waals surface area (Å²) in [7, 11) is 5.38. The van der Waals surface area contributed by atoms with Gasteiger partial charge in [0.1, 0.15) is 18.2 Å². The third-order valence-electron chi connectivity index (χ3n) is 4.68. The summed E-state index contributed by atoms with van der Waals surface area (Å²) in [5.74, 6) is 1.78. The molecule has 0 bridgehead atoms. The number of pyridine rings is 1. The van der Waals surface area contributed by atoms with E-state index in [0.29, 0.717) is 18.3 Å². The molecule has 1 aromatic heterocycles. The average molecular weight is 429 g/mol. The Hall–Kier alpha value is -2.64. The maximum atomic E-state index is 11.6. The van der Waals surface area contributed by atoms with Crippen LogP contribution in [-0.4, -0.2) is 49.3 Å². The van der Waals surface area contributed by atoms with E-state index in [-0.39, 0.29) is 5.54 Å². The minimum atomic E-state index is -0.549. The first-order valence-corrected chi connectivity index (χ1v) is 10.5. The minimum Gasteiger partial charge on any atom is -0.491 e. The molecule has 7 nitrogen and oxygen atoms in total. The molecule has 0 saturated heterocycles. The van der Waals surface area contributed by atoms with Crippen molar-refractivity contribution < 1.29 is 14.3 Å². The zero-order valence-electron chi connectivity index (χ0n) is 19.8. The number of aryl methyl sites for hydroxylation is 1. The largest absolute Gasteiger partial charge is 0.491 e. The second-order valence-electron chi connectivity index (χ2n) is 9.10. The van der Waals surface area contributed by atoms with Gasteiger partial charge in [-0.2, -0.15) is 0 Å². The molecule has 0 fully saturated rings. The fourth-order valence-electron chi connectivity index (χ4n) is 3.65. The van der Waals surface area contributed by atoms with Gasteiger partial charge in [0.05, 0.1) is 7.11 Å². The Labute approximate surface area is 185 Å². The summed E-state index contributed by atoms with van der Waals surface area (Å²) >= 11 is 0. The monoisotopic (exact) mass is 428 g/mol. The van der Waals surface area contributed by atoms with Crippen molar-refractivity contribution >= 4 is 11.9 Å². The normalized spacial score (nSPS) is 13.2. The number of aromatic nitrogens is 1. The van der Waals surface area contributed by atoms with Crippen LogP contribution in [0, 0.1) is 12.8 Å². The first kappa shape index (κ1) is 24.6. The number of benzene rings is 1. The number of nitrogens with zero attached hydrogens (tertiary/aromatic N) is 2. The number of anilines is 1. The zero-order valence-corrected chi connectivity index (χ0v) is 19.8. The van der Waals surface area contributed by atoms with E-state index < -0.39 is 6.09 Å². The van der Waals surface area contributed by atoms with Gasteiger partial charge in [-0.3, -0.25) is 5.32 Å². The van der Waals surface area contributed by atoms with Crippen LogP contribution in [-0.2, 0) is 11.3 Å². The molecule has 1 heterocycles. The number of ether oxygens (including phenoxy) is 2. The Kier molecular flexibility index (Phi) is 8.42. The van der Waals surface area contributed by atoms with Crippen LogP contribution >= 0.6 is 0 Å². The van der Waals surface area contributed by atoms with Crippen molar-refractivity contribution in [3.8, 4) is 16.9 Å². The van der Waals surface area contributed by atoms with Crippen LogP contribution < -0.4 is 15.8 Å². The number of carbonyl (C=O) groups is 1. The fourth-order valence-corrected chi connectivity index (χ4v) is 3.65. The van der Waals surface area contributed by atoms with Crippen molar-refractivity contribution in [1.82, 2.24) is 9.88 Å². The highest BCUT2D eigenvalue weighted by atomic mass is 16.5. The quantitative estimate of drug-likeness (QED) is 0.614. The van der Waals surface area contributed by atoms with Gasteiger partial charge in [0.15, 0.2) is 0 Å². The standard InChI is InChI=1S/C24H36N4O3/c1-16(2)13-24(4,25)15-31-21-9-8-18(11-20(21)14-28(5)6)19-10-17(3)26-22(12-19)27-23(29)30-7/h8-12,16H,13-15,25H2,1-7H3,(H,26,27,29)/t24-/m0/s1. The molecular formula is C24H36N4O3. The van der Waals surface area contributed by atoms with E-state index >= 15 is 0 Å². The molecule has 3 N–H and O–H groups in total. The van der Waals surface area contributed by atoms with Crippen molar-refractivity contribution in [2.45, 2.75) is 46.2 Å². The molecule has 7 heteroatoms. The summed E-state index contributed by atoms with van der Waals surface area (Å²) in [6, 6.07) is 9.93. The summed E-state index contributed by atoms with van der Waals surface area (Å²) in [5.41, 5.74) is 9.88. The molecular weight excluding hydrogens is 392 g/mol. The Morgan fingerprint density at radius 1 is 1.23 bits per heavy atom. The number of carbonyl (C=O) groups excluding carboxylic acids is 1. The van der Waals surface area contributed by atoms with Crippen molar-refractivity contribution in [2.24, 2.45) is 11.7 Å². The molecule has 0 aliphatic rings. The van der Waals surface area contributed by atoms with Crippen LogP contribution in [0.4, 0.5) is 10.6 Å². The molecule has 2 aromatic rings. The van der Waals surface area contributed by atoms with E-state index in [1.54, 1.807) is 0 Å². The van der Waals surface area contributed by atoms with Gasteiger partial charge >= 0.3 is 6.09 Å². The SMILES string of the molecule is COC(=O)Nc1cc(-c2ccc(OC[C@@](C)(N)CC(C)C)c(CN(C)C)c2)cc(C)n1. The van der Waals surface area contributed by atoms with Crippen LogP contribution in [0.2, 0.25) is 0 Å². The lowest BCUT2D eigenvalue weighted by Gasteiger charge is -2.27. The molecule has 2 rings (SSSR count). The Morgan fingerprint density at radius 2 is 1.94 bits per heavy atom. The van der Waals surface area contributed by atoms with Crippen molar-refractivity contribution in [3.63, 3.8) is 0 Å². The van der Waals surface area contributed by atoms with Crippen molar-refractivity contribution in [2.75, 3.05) is 33.1 Å². The topological polar surface area (TPSA) is 89.7 Å². The van der Waals surface area contributed by atoms with E-state index in [4.69, 9.17) is 10.5 Å². The van der Waals surface area contributed by atoms with Gasteiger partial charge in [-0.15, -0.1) is 0 Å². The van der Waals surface area contributed by atoms with Gasteiger partial charge < -0.3 is 20.1 Å². The highest BCUT2D eigenvalue weighted by molar-refractivity contribution is 5.84. The van der Waals surface area contributed by atoms with Gasteiger partial charge in [0.2, 0.25) is 0 Å². The lowest BCUT2D eigenvalue weighted by molar-refractivity contribution is 0.187. The van der Waals surface area contributed by atoms with Gasteiger partial charge in [-0.25, -0.2) is 9.78 Å². The van der Waals surface area contributed by atoms with Crippen LogP contribution in [0.3, 0.4) is 0 Å². The van der Waals surface area contributed by atoms with Gasteiger partial charge in [0, 0.05) is 23.3 Å². The predicted octanol–water partition coefficient (Wildman–Crippen LogP) is 4.44. The summed E-state index contributed by atoms with van der Waals surface area (Å²) in [5, 5.41) is 2.63. The molecule has 1 aromatic carbocycles. The Balaban J connectivity index is 2.33. The lowest BCUT2D eigenvalue weighted by Crippen LogP contribution is -2.43. The number of amides is 1. The molecule has 31 heavy (non-hydrogen) atoms. The average Bonchev–Trinajstić information content (AvgIpc) is 2.65. The van der Waals surface area contributed by atoms with Gasteiger partial charge in [-0.1, -0.05) is 19.9 Å². The molecule has 1 amide bonds. The maximum Gasteiger partial charge on any atom is 0.412 e. The molecule has 170 valence electrons. The van der Waals surface area contributed by atoms with E-state index in [0.717, 1.165) is 41.1 Å². The number of nitrogens with two attached hydrogens (primary N) is 1. The fraction of sp³-hybridized carbons (Fsp3) is 0.500. The molecule has 0 aliphatic heterocycles. The smallest absolute Gasteiger partial charge is 0.412 e. The van der Waals surface area contributed by atoms with E-state index in [9.17, 15) is 4.79 Å². The van der Waals surface area contributed by atoms with Gasteiger partial charge in [-0.05, 0) is 75.7 Å². The third-order valence-corrected chi connectivity index (χ3v) is 4.68. The van der Waals surface area contributed by atoms with Crippen LogP contribution in [0.25, 0.3) is 11.1 Å². The summed E-state index contributed by atoms with van der Waals surface area (Å²) in [6.45, 7) is 9.43. The Bertz CT molecular complexity index is 894. The zero-order chi connectivity index (χ0) is 23.2. The molecule has 0 spiro atoms. The second kappa shape index (κ2) is 10.6. The lowest BCUT2D eigenvalue weighted by atomic mass is 9.93.